The Balaban J connectivity index is 1.83. The van der Waals surface area contributed by atoms with E-state index >= 15 is 0 Å². The molecule has 3 rings (SSSR count). The number of hydrogen-bond acceptors (Lipinski definition) is 4. The Kier molecular flexibility index (Phi) is 4.76. The molecule has 0 saturated carbocycles. The van der Waals surface area contributed by atoms with Gasteiger partial charge < -0.3 is 4.42 Å². The van der Waals surface area contributed by atoms with Gasteiger partial charge in [0, 0.05) is 10.5 Å². The van der Waals surface area contributed by atoms with E-state index in [0.717, 1.165) is 5.56 Å². The molecule has 4 heteroatoms. The first-order chi connectivity index (χ1) is 11.4. The summed E-state index contributed by atoms with van der Waals surface area (Å²) in [6.07, 6.45) is 0. The Morgan fingerprint density at radius 1 is 0.917 bits per heavy atom. The molecular formula is C20H22N2OS. The first-order valence-electron chi connectivity index (χ1n) is 8.09. The standard InChI is InChI=1S/C20H22N2OS/c1-12-7-6-8-17(11-12)20-22-21-19(23-20)16(5)24-18-14(3)9-13(2)10-15(18)4/h6-11,16H,1-5H3. The molecule has 3 nitrogen and oxygen atoms in total. The average Bonchev–Trinajstić information content (AvgIpc) is 3.00. The second-order valence-corrected chi connectivity index (χ2v) is 7.65. The highest BCUT2D eigenvalue weighted by Gasteiger charge is 2.18. The van der Waals surface area contributed by atoms with Crippen LogP contribution in [0.3, 0.4) is 0 Å². The van der Waals surface area contributed by atoms with Crippen LogP contribution in [0.15, 0.2) is 45.7 Å². The van der Waals surface area contributed by atoms with E-state index in [0.29, 0.717) is 11.8 Å². The monoisotopic (exact) mass is 338 g/mol. The Labute approximate surface area is 147 Å². The van der Waals surface area contributed by atoms with Crippen molar-refractivity contribution >= 4 is 11.8 Å². The van der Waals surface area contributed by atoms with E-state index in [9.17, 15) is 0 Å². The fourth-order valence-electron chi connectivity index (χ4n) is 2.87. The predicted molar refractivity (Wildman–Crippen MR) is 99.4 cm³/mol. The number of aryl methyl sites for hydroxylation is 4. The highest BCUT2D eigenvalue weighted by atomic mass is 32.2. The van der Waals surface area contributed by atoms with Crippen LogP contribution in [-0.2, 0) is 0 Å². The van der Waals surface area contributed by atoms with E-state index in [2.05, 4.69) is 69.1 Å². The maximum absolute atomic E-state index is 5.92. The summed E-state index contributed by atoms with van der Waals surface area (Å²) < 4.78 is 5.92. The molecule has 0 fully saturated rings. The van der Waals surface area contributed by atoms with Crippen LogP contribution >= 0.6 is 11.8 Å². The molecule has 0 bridgehead atoms. The van der Waals surface area contributed by atoms with Crippen molar-refractivity contribution in [1.82, 2.24) is 10.2 Å². The smallest absolute Gasteiger partial charge is 0.247 e. The van der Waals surface area contributed by atoms with Crippen molar-refractivity contribution in [2.45, 2.75) is 44.8 Å². The minimum atomic E-state index is 0.108. The lowest BCUT2D eigenvalue weighted by Gasteiger charge is -2.13. The fraction of sp³-hybridized carbons (Fsp3) is 0.300. The molecule has 1 atom stereocenters. The zero-order valence-electron chi connectivity index (χ0n) is 14.8. The zero-order valence-corrected chi connectivity index (χ0v) is 15.6. The van der Waals surface area contributed by atoms with Gasteiger partial charge in [-0.2, -0.15) is 0 Å². The molecule has 0 aliphatic rings. The van der Waals surface area contributed by atoms with Crippen LogP contribution in [-0.4, -0.2) is 10.2 Å². The fourth-order valence-corrected chi connectivity index (χ4v) is 3.91. The summed E-state index contributed by atoms with van der Waals surface area (Å²) >= 11 is 1.77. The summed E-state index contributed by atoms with van der Waals surface area (Å²) in [6, 6.07) is 12.6. The van der Waals surface area contributed by atoms with Gasteiger partial charge in [-0.25, -0.2) is 0 Å². The lowest BCUT2D eigenvalue weighted by molar-refractivity contribution is 0.509. The zero-order chi connectivity index (χ0) is 17.3. The molecule has 0 spiro atoms. The van der Waals surface area contributed by atoms with Gasteiger partial charge >= 0.3 is 0 Å². The third-order valence-corrected chi connectivity index (χ3v) is 5.39. The summed E-state index contributed by atoms with van der Waals surface area (Å²) in [6.45, 7) is 10.6. The molecule has 0 amide bonds. The summed E-state index contributed by atoms with van der Waals surface area (Å²) in [7, 11) is 0. The van der Waals surface area contributed by atoms with Crippen molar-refractivity contribution in [1.29, 1.82) is 0 Å². The number of benzene rings is 2. The SMILES string of the molecule is Cc1cccc(-c2nnc(C(C)Sc3c(C)cc(C)cc3C)o2)c1. The quantitative estimate of drug-likeness (QED) is 0.562. The molecule has 1 aromatic heterocycles. The van der Waals surface area contributed by atoms with Crippen LogP contribution in [0, 0.1) is 27.7 Å². The lowest BCUT2D eigenvalue weighted by Crippen LogP contribution is -1.93. The Hall–Kier alpha value is -2.07. The molecule has 1 unspecified atom stereocenters. The van der Waals surface area contributed by atoms with Gasteiger partial charge in [-0.3, -0.25) is 0 Å². The molecule has 24 heavy (non-hydrogen) atoms. The van der Waals surface area contributed by atoms with Crippen LogP contribution in [0.2, 0.25) is 0 Å². The van der Waals surface area contributed by atoms with E-state index < -0.39 is 0 Å². The second kappa shape index (κ2) is 6.81. The van der Waals surface area contributed by atoms with Gasteiger partial charge in [0.2, 0.25) is 11.8 Å². The van der Waals surface area contributed by atoms with E-state index in [4.69, 9.17) is 4.42 Å². The van der Waals surface area contributed by atoms with Crippen molar-refractivity contribution in [2.24, 2.45) is 0 Å². The molecule has 0 N–H and O–H groups in total. The first kappa shape index (κ1) is 16.8. The van der Waals surface area contributed by atoms with Gasteiger partial charge in [-0.05, 0) is 57.9 Å². The number of aromatic nitrogens is 2. The Bertz CT molecular complexity index is 847. The van der Waals surface area contributed by atoms with Crippen molar-refractivity contribution in [3.05, 3.63) is 64.5 Å². The molecule has 0 radical (unpaired) electrons. The average molecular weight is 338 g/mol. The number of hydrogen-bond donors (Lipinski definition) is 0. The van der Waals surface area contributed by atoms with Crippen LogP contribution < -0.4 is 0 Å². The van der Waals surface area contributed by atoms with Gasteiger partial charge in [0.05, 0.1) is 5.25 Å². The highest BCUT2D eigenvalue weighted by molar-refractivity contribution is 7.99. The summed E-state index contributed by atoms with van der Waals surface area (Å²) in [5.74, 6) is 1.24. The van der Waals surface area contributed by atoms with Gasteiger partial charge in [0.15, 0.2) is 0 Å². The molecule has 124 valence electrons. The van der Waals surface area contributed by atoms with Crippen molar-refractivity contribution < 1.29 is 4.42 Å². The minimum absolute atomic E-state index is 0.108. The van der Waals surface area contributed by atoms with Gasteiger partial charge in [0.25, 0.3) is 0 Å². The normalized spacial score (nSPS) is 12.4. The van der Waals surface area contributed by atoms with Crippen LogP contribution in [0.4, 0.5) is 0 Å². The lowest BCUT2D eigenvalue weighted by atomic mass is 10.1. The van der Waals surface area contributed by atoms with Crippen LogP contribution in [0.5, 0.6) is 0 Å². The molecule has 0 aliphatic carbocycles. The van der Waals surface area contributed by atoms with E-state index in [1.54, 1.807) is 11.8 Å². The molecule has 0 saturated heterocycles. The van der Waals surface area contributed by atoms with E-state index in [-0.39, 0.29) is 5.25 Å². The molecule has 3 aromatic rings. The third-order valence-electron chi connectivity index (χ3n) is 3.95. The number of thioether (sulfide) groups is 1. The predicted octanol–water partition coefficient (Wildman–Crippen LogP) is 5.82. The minimum Gasteiger partial charge on any atom is -0.419 e. The van der Waals surface area contributed by atoms with Gasteiger partial charge in [-0.15, -0.1) is 22.0 Å². The summed E-state index contributed by atoms with van der Waals surface area (Å²) in [5.41, 5.74) is 6.03. The van der Waals surface area contributed by atoms with Gasteiger partial charge in [-0.1, -0.05) is 35.4 Å². The van der Waals surface area contributed by atoms with Crippen molar-refractivity contribution in [3.8, 4) is 11.5 Å². The maximum atomic E-state index is 5.92. The molecule has 0 aliphatic heterocycles. The van der Waals surface area contributed by atoms with Crippen LogP contribution in [0.25, 0.3) is 11.5 Å². The third kappa shape index (κ3) is 3.54. The van der Waals surface area contributed by atoms with E-state index in [1.807, 2.05) is 12.1 Å². The Morgan fingerprint density at radius 2 is 1.62 bits per heavy atom. The number of rotatable bonds is 4. The Morgan fingerprint density at radius 3 is 2.29 bits per heavy atom. The molecular weight excluding hydrogens is 316 g/mol. The highest BCUT2D eigenvalue weighted by Crippen LogP contribution is 2.38. The summed E-state index contributed by atoms with van der Waals surface area (Å²) in [5, 5.41) is 8.58. The first-order valence-corrected chi connectivity index (χ1v) is 8.97. The second-order valence-electron chi connectivity index (χ2n) is 6.30. The van der Waals surface area contributed by atoms with Crippen molar-refractivity contribution in [2.75, 3.05) is 0 Å². The topological polar surface area (TPSA) is 38.9 Å². The number of nitrogens with zero attached hydrogens (tertiary/aromatic N) is 2. The largest absolute Gasteiger partial charge is 0.419 e. The van der Waals surface area contributed by atoms with Crippen LogP contribution in [0.1, 0.15) is 40.3 Å². The summed E-state index contributed by atoms with van der Waals surface area (Å²) in [4.78, 5) is 1.29. The van der Waals surface area contributed by atoms with Gasteiger partial charge in [0.1, 0.15) is 0 Å². The molecule has 2 aromatic carbocycles. The van der Waals surface area contributed by atoms with E-state index in [1.165, 1.54) is 27.1 Å². The maximum Gasteiger partial charge on any atom is 0.247 e. The molecule has 1 heterocycles. The van der Waals surface area contributed by atoms with Crippen molar-refractivity contribution in [3.63, 3.8) is 0 Å².